The molecule has 0 aliphatic rings. The van der Waals surface area contributed by atoms with Gasteiger partial charge in [0.25, 0.3) is 0 Å². The second kappa shape index (κ2) is 6.06. The third-order valence-corrected chi connectivity index (χ3v) is 3.14. The molecular formula is C11H15BrFNO2. The smallest absolute Gasteiger partial charge is 0.165 e. The molecule has 0 atom stereocenters. The summed E-state index contributed by atoms with van der Waals surface area (Å²) < 4.78 is 24.3. The van der Waals surface area contributed by atoms with Crippen LogP contribution in [0, 0.1) is 5.82 Å². The summed E-state index contributed by atoms with van der Waals surface area (Å²) >= 11 is 3.23. The summed E-state index contributed by atoms with van der Waals surface area (Å²) in [4.78, 5) is 0. The molecular weight excluding hydrogens is 277 g/mol. The van der Waals surface area contributed by atoms with Crippen molar-refractivity contribution in [2.75, 3.05) is 27.8 Å². The second-order valence-corrected chi connectivity index (χ2v) is 4.03. The number of halogens is 2. The highest BCUT2D eigenvalue weighted by Crippen LogP contribution is 2.38. The Labute approximate surface area is 103 Å². The molecule has 5 heteroatoms. The number of hydrogen-bond donors (Lipinski definition) is 1. The number of hydrogen-bond acceptors (Lipinski definition) is 3. The molecule has 0 saturated heterocycles. The van der Waals surface area contributed by atoms with Gasteiger partial charge in [-0.15, -0.1) is 0 Å². The Morgan fingerprint density at radius 2 is 2.06 bits per heavy atom. The van der Waals surface area contributed by atoms with Crippen LogP contribution in [0.15, 0.2) is 10.5 Å². The first-order valence-electron chi connectivity index (χ1n) is 4.89. The fourth-order valence-electron chi connectivity index (χ4n) is 1.49. The predicted molar refractivity (Wildman–Crippen MR) is 64.8 cm³/mol. The molecule has 0 aliphatic heterocycles. The van der Waals surface area contributed by atoms with Gasteiger partial charge in [0.2, 0.25) is 0 Å². The van der Waals surface area contributed by atoms with Crippen LogP contribution in [0.4, 0.5) is 4.39 Å². The van der Waals surface area contributed by atoms with Gasteiger partial charge < -0.3 is 14.8 Å². The van der Waals surface area contributed by atoms with E-state index in [9.17, 15) is 4.39 Å². The molecule has 0 fully saturated rings. The molecule has 1 aromatic rings. The molecule has 0 spiro atoms. The first-order valence-corrected chi connectivity index (χ1v) is 5.68. The molecule has 0 aromatic heterocycles. The Balaban J connectivity index is 3.23. The standard InChI is InChI=1S/C11H15BrFNO2/c1-14-5-4-7-10(12)8(13)6-9(15-2)11(7)16-3/h6,14H,4-5H2,1-3H3. The van der Waals surface area contributed by atoms with Gasteiger partial charge in [-0.2, -0.15) is 0 Å². The molecule has 1 aromatic carbocycles. The van der Waals surface area contributed by atoms with E-state index in [-0.39, 0.29) is 5.82 Å². The van der Waals surface area contributed by atoms with Gasteiger partial charge >= 0.3 is 0 Å². The Morgan fingerprint density at radius 3 is 2.56 bits per heavy atom. The minimum absolute atomic E-state index is 0.344. The summed E-state index contributed by atoms with van der Waals surface area (Å²) in [6.07, 6.45) is 0.661. The molecule has 0 unspecified atom stereocenters. The zero-order valence-corrected chi connectivity index (χ0v) is 11.1. The van der Waals surface area contributed by atoms with E-state index in [0.717, 1.165) is 12.1 Å². The second-order valence-electron chi connectivity index (χ2n) is 3.24. The van der Waals surface area contributed by atoms with Gasteiger partial charge in [0.1, 0.15) is 5.82 Å². The van der Waals surface area contributed by atoms with Crippen molar-refractivity contribution >= 4 is 15.9 Å². The lowest BCUT2D eigenvalue weighted by atomic mass is 10.1. The van der Waals surface area contributed by atoms with E-state index < -0.39 is 0 Å². The Morgan fingerprint density at radius 1 is 1.38 bits per heavy atom. The summed E-state index contributed by atoms with van der Waals surface area (Å²) in [5, 5.41) is 3.01. The quantitative estimate of drug-likeness (QED) is 0.903. The van der Waals surface area contributed by atoms with Crippen molar-refractivity contribution < 1.29 is 13.9 Å². The largest absolute Gasteiger partial charge is 0.493 e. The maximum Gasteiger partial charge on any atom is 0.165 e. The van der Waals surface area contributed by atoms with Crippen LogP contribution in [0.2, 0.25) is 0 Å². The fourth-order valence-corrected chi connectivity index (χ4v) is 1.98. The molecule has 1 N–H and O–H groups in total. The van der Waals surface area contributed by atoms with Crippen molar-refractivity contribution in [1.82, 2.24) is 5.32 Å². The number of nitrogens with one attached hydrogen (secondary N) is 1. The van der Waals surface area contributed by atoms with E-state index in [0.29, 0.717) is 22.4 Å². The van der Waals surface area contributed by atoms with E-state index in [2.05, 4.69) is 21.2 Å². The third kappa shape index (κ3) is 2.65. The van der Waals surface area contributed by atoms with Crippen molar-refractivity contribution in [3.8, 4) is 11.5 Å². The van der Waals surface area contributed by atoms with Crippen LogP contribution in [0.25, 0.3) is 0 Å². The maximum atomic E-state index is 13.6. The maximum absolute atomic E-state index is 13.6. The van der Waals surface area contributed by atoms with Gasteiger partial charge in [0.05, 0.1) is 18.7 Å². The number of methoxy groups -OCH3 is 2. The molecule has 3 nitrogen and oxygen atoms in total. The van der Waals surface area contributed by atoms with Gasteiger partial charge in [0, 0.05) is 11.6 Å². The third-order valence-electron chi connectivity index (χ3n) is 2.28. The summed E-state index contributed by atoms with van der Waals surface area (Å²) in [5.74, 6) is 0.643. The van der Waals surface area contributed by atoms with Crippen LogP contribution >= 0.6 is 15.9 Å². The Bertz CT molecular complexity index is 371. The Kier molecular flexibility index (Phi) is 5.02. The lowest BCUT2D eigenvalue weighted by Gasteiger charge is -2.15. The van der Waals surface area contributed by atoms with Gasteiger partial charge in [-0.1, -0.05) is 0 Å². The lowest BCUT2D eigenvalue weighted by Crippen LogP contribution is -2.12. The molecule has 1 rings (SSSR count). The number of benzene rings is 1. The van der Waals surface area contributed by atoms with Crippen molar-refractivity contribution in [2.45, 2.75) is 6.42 Å². The summed E-state index contributed by atoms with van der Waals surface area (Å²) in [6.45, 7) is 0.738. The highest BCUT2D eigenvalue weighted by molar-refractivity contribution is 9.10. The van der Waals surface area contributed by atoms with Crippen LogP contribution in [0.5, 0.6) is 11.5 Å². The van der Waals surface area contributed by atoms with Gasteiger partial charge in [-0.25, -0.2) is 4.39 Å². The van der Waals surface area contributed by atoms with Crippen molar-refractivity contribution in [3.63, 3.8) is 0 Å². The lowest BCUT2D eigenvalue weighted by molar-refractivity contribution is 0.348. The molecule has 0 radical (unpaired) electrons. The van der Waals surface area contributed by atoms with Crippen LogP contribution < -0.4 is 14.8 Å². The molecule has 90 valence electrons. The highest BCUT2D eigenvalue weighted by Gasteiger charge is 2.17. The molecule has 16 heavy (non-hydrogen) atoms. The molecule has 0 aliphatic carbocycles. The first-order chi connectivity index (χ1) is 7.65. The van der Waals surface area contributed by atoms with Gasteiger partial charge in [-0.3, -0.25) is 0 Å². The van der Waals surface area contributed by atoms with E-state index in [4.69, 9.17) is 9.47 Å². The molecule has 0 saturated carbocycles. The zero-order valence-electron chi connectivity index (χ0n) is 9.56. The van der Waals surface area contributed by atoms with Crippen LogP contribution in [-0.2, 0) is 6.42 Å². The van der Waals surface area contributed by atoms with E-state index in [1.807, 2.05) is 7.05 Å². The van der Waals surface area contributed by atoms with Crippen molar-refractivity contribution in [1.29, 1.82) is 0 Å². The SMILES string of the molecule is CNCCc1c(Br)c(F)cc(OC)c1OC. The first kappa shape index (κ1) is 13.3. The summed E-state index contributed by atoms with van der Waals surface area (Å²) in [6, 6.07) is 1.31. The summed E-state index contributed by atoms with van der Waals surface area (Å²) in [7, 11) is 4.88. The number of rotatable bonds is 5. The van der Waals surface area contributed by atoms with E-state index >= 15 is 0 Å². The number of ether oxygens (including phenoxy) is 2. The minimum atomic E-state index is -0.344. The molecule has 0 amide bonds. The average Bonchev–Trinajstić information content (AvgIpc) is 2.30. The topological polar surface area (TPSA) is 30.5 Å². The molecule has 0 bridgehead atoms. The number of likely N-dealkylation sites (N-methyl/N-ethyl adjacent to an activating group) is 1. The van der Waals surface area contributed by atoms with Crippen molar-refractivity contribution in [3.05, 3.63) is 21.9 Å². The highest BCUT2D eigenvalue weighted by atomic mass is 79.9. The monoisotopic (exact) mass is 291 g/mol. The summed E-state index contributed by atoms with van der Waals surface area (Å²) in [5.41, 5.74) is 0.772. The Hall–Kier alpha value is -0.810. The van der Waals surface area contributed by atoms with Crippen molar-refractivity contribution in [2.24, 2.45) is 0 Å². The van der Waals surface area contributed by atoms with Gasteiger partial charge in [-0.05, 0) is 35.9 Å². The van der Waals surface area contributed by atoms with Gasteiger partial charge in [0.15, 0.2) is 11.5 Å². The predicted octanol–water partition coefficient (Wildman–Crippen LogP) is 2.37. The fraction of sp³-hybridized carbons (Fsp3) is 0.455. The average molecular weight is 292 g/mol. The van der Waals surface area contributed by atoms with E-state index in [1.165, 1.54) is 13.2 Å². The minimum Gasteiger partial charge on any atom is -0.493 e. The van der Waals surface area contributed by atoms with Crippen LogP contribution in [-0.4, -0.2) is 27.8 Å². The zero-order chi connectivity index (χ0) is 12.1. The molecule has 0 heterocycles. The normalized spacial score (nSPS) is 10.3. The van der Waals surface area contributed by atoms with Crippen LogP contribution in [0.1, 0.15) is 5.56 Å². The van der Waals surface area contributed by atoms with Crippen LogP contribution in [0.3, 0.4) is 0 Å². The van der Waals surface area contributed by atoms with E-state index in [1.54, 1.807) is 7.11 Å².